The average Bonchev–Trinajstić information content (AvgIpc) is 3.12. The molecule has 0 unspecified atom stereocenters. The normalized spacial score (nSPS) is 16.5. The minimum atomic E-state index is -0.165. The zero-order valence-electron chi connectivity index (χ0n) is 14.0. The Morgan fingerprint density at radius 1 is 1.12 bits per heavy atom. The van der Waals surface area contributed by atoms with Gasteiger partial charge in [0.1, 0.15) is 16.4 Å². The lowest BCUT2D eigenvalue weighted by atomic mass is 10.1. The molecule has 3 heterocycles. The van der Waals surface area contributed by atoms with Crippen molar-refractivity contribution in [3.63, 3.8) is 0 Å². The Kier molecular flexibility index (Phi) is 4.99. The Labute approximate surface area is 150 Å². The van der Waals surface area contributed by atoms with Gasteiger partial charge in [-0.05, 0) is 56.1 Å². The van der Waals surface area contributed by atoms with Crippen molar-refractivity contribution < 1.29 is 4.39 Å². The maximum absolute atomic E-state index is 13.0. The summed E-state index contributed by atoms with van der Waals surface area (Å²) < 4.78 is 13.0. The van der Waals surface area contributed by atoms with Crippen LogP contribution in [0.5, 0.6) is 0 Å². The molecule has 0 amide bonds. The highest BCUT2D eigenvalue weighted by Crippen LogP contribution is 2.32. The summed E-state index contributed by atoms with van der Waals surface area (Å²) in [5, 5.41) is 1.63. The van der Waals surface area contributed by atoms with E-state index in [0.717, 1.165) is 55.0 Å². The molecule has 0 bridgehead atoms. The number of nitrogens with zero attached hydrogens (tertiary/aromatic N) is 3. The van der Waals surface area contributed by atoms with E-state index in [2.05, 4.69) is 19.9 Å². The first kappa shape index (κ1) is 16.5. The fraction of sp³-hybridized carbons (Fsp3) is 0.368. The Balaban J connectivity index is 1.28. The molecule has 1 fully saturated rings. The van der Waals surface area contributed by atoms with E-state index in [1.54, 1.807) is 18.5 Å². The Morgan fingerprint density at radius 3 is 2.72 bits per heavy atom. The van der Waals surface area contributed by atoms with Crippen LogP contribution in [0, 0.1) is 5.82 Å². The largest absolute Gasteiger partial charge is 0.344 e. The molecular weight excluding hydrogens is 335 g/mol. The maximum Gasteiger partial charge on any atom is 0.124 e. The lowest BCUT2D eigenvalue weighted by molar-refractivity contribution is 0.235. The molecule has 4 nitrogen and oxygen atoms in total. The third-order valence-electron chi connectivity index (χ3n) is 4.75. The summed E-state index contributed by atoms with van der Waals surface area (Å²) >= 11 is 1.85. The molecule has 0 saturated carbocycles. The number of imidazole rings is 1. The number of thioether (sulfide) groups is 1. The van der Waals surface area contributed by atoms with Gasteiger partial charge in [-0.3, -0.25) is 0 Å². The molecule has 0 atom stereocenters. The van der Waals surface area contributed by atoms with Crippen molar-refractivity contribution in [2.45, 2.75) is 29.5 Å². The van der Waals surface area contributed by atoms with Gasteiger partial charge in [0, 0.05) is 18.0 Å². The molecule has 1 saturated heterocycles. The predicted octanol–water partition coefficient (Wildman–Crippen LogP) is 3.90. The van der Waals surface area contributed by atoms with Crippen molar-refractivity contribution in [3.05, 3.63) is 54.2 Å². The standard InChI is InChI=1S/C19H21FN4S/c20-15-3-1-14(2-4-15)6-10-24-11-7-16(8-12-24)25-19-18-17(5-9-21-19)22-13-23-18/h1-5,9,13,16H,6-8,10-12H2,(H,22,23). The van der Waals surface area contributed by atoms with Gasteiger partial charge in [0.05, 0.1) is 11.8 Å². The topological polar surface area (TPSA) is 44.8 Å². The number of hydrogen-bond acceptors (Lipinski definition) is 4. The average molecular weight is 356 g/mol. The molecule has 1 aromatic carbocycles. The number of H-pyrrole nitrogens is 1. The van der Waals surface area contributed by atoms with Gasteiger partial charge in [-0.1, -0.05) is 12.1 Å². The molecule has 0 spiro atoms. The van der Waals surface area contributed by atoms with Gasteiger partial charge in [0.25, 0.3) is 0 Å². The minimum Gasteiger partial charge on any atom is -0.344 e. The van der Waals surface area contributed by atoms with E-state index in [9.17, 15) is 4.39 Å². The van der Waals surface area contributed by atoms with Gasteiger partial charge < -0.3 is 9.88 Å². The van der Waals surface area contributed by atoms with Gasteiger partial charge in [-0.2, -0.15) is 0 Å². The van der Waals surface area contributed by atoms with Gasteiger partial charge >= 0.3 is 0 Å². The van der Waals surface area contributed by atoms with E-state index in [-0.39, 0.29) is 5.82 Å². The molecule has 2 aromatic heterocycles. The fourth-order valence-electron chi connectivity index (χ4n) is 3.28. The summed E-state index contributed by atoms with van der Waals surface area (Å²) in [6.45, 7) is 3.25. The van der Waals surface area contributed by atoms with E-state index in [1.807, 2.05) is 36.2 Å². The lowest BCUT2D eigenvalue weighted by Gasteiger charge is -2.31. The molecule has 3 aromatic rings. The van der Waals surface area contributed by atoms with Crippen LogP contribution in [-0.2, 0) is 6.42 Å². The number of pyridine rings is 1. The number of benzene rings is 1. The third-order valence-corrected chi connectivity index (χ3v) is 6.07. The van der Waals surface area contributed by atoms with Crippen molar-refractivity contribution in [2.24, 2.45) is 0 Å². The third kappa shape index (κ3) is 4.02. The molecule has 1 aliphatic rings. The number of likely N-dealkylation sites (tertiary alicyclic amines) is 1. The quantitative estimate of drug-likeness (QED) is 0.753. The summed E-state index contributed by atoms with van der Waals surface area (Å²) in [6.07, 6.45) is 6.88. The van der Waals surface area contributed by atoms with Crippen LogP contribution in [0.2, 0.25) is 0 Å². The lowest BCUT2D eigenvalue weighted by Crippen LogP contribution is -2.36. The van der Waals surface area contributed by atoms with E-state index in [1.165, 1.54) is 5.56 Å². The van der Waals surface area contributed by atoms with Gasteiger partial charge in [0.2, 0.25) is 0 Å². The van der Waals surface area contributed by atoms with Gasteiger partial charge in [0.15, 0.2) is 0 Å². The van der Waals surface area contributed by atoms with E-state index in [0.29, 0.717) is 5.25 Å². The molecule has 6 heteroatoms. The van der Waals surface area contributed by atoms with Crippen LogP contribution in [0.1, 0.15) is 18.4 Å². The highest BCUT2D eigenvalue weighted by atomic mass is 32.2. The monoisotopic (exact) mass is 356 g/mol. The van der Waals surface area contributed by atoms with Gasteiger partial charge in [-0.15, -0.1) is 11.8 Å². The zero-order valence-corrected chi connectivity index (χ0v) is 14.8. The number of fused-ring (bicyclic) bond motifs is 1. The fourth-order valence-corrected chi connectivity index (χ4v) is 4.43. The smallest absolute Gasteiger partial charge is 0.124 e. The summed E-state index contributed by atoms with van der Waals surface area (Å²) in [4.78, 5) is 14.6. The second-order valence-corrected chi connectivity index (χ2v) is 7.74. The Bertz CT molecular complexity index is 825. The van der Waals surface area contributed by atoms with E-state index in [4.69, 9.17) is 0 Å². The van der Waals surface area contributed by atoms with E-state index >= 15 is 0 Å². The maximum atomic E-state index is 13.0. The van der Waals surface area contributed by atoms with Crippen LogP contribution in [0.25, 0.3) is 11.0 Å². The van der Waals surface area contributed by atoms with Crippen LogP contribution in [0.4, 0.5) is 4.39 Å². The van der Waals surface area contributed by atoms with Crippen LogP contribution >= 0.6 is 11.8 Å². The van der Waals surface area contributed by atoms with Crippen molar-refractivity contribution in [1.82, 2.24) is 19.9 Å². The predicted molar refractivity (Wildman–Crippen MR) is 99.3 cm³/mol. The molecule has 0 aliphatic carbocycles. The number of aromatic amines is 1. The zero-order chi connectivity index (χ0) is 17.1. The van der Waals surface area contributed by atoms with Crippen molar-refractivity contribution in [1.29, 1.82) is 0 Å². The summed E-state index contributed by atoms with van der Waals surface area (Å²) in [7, 11) is 0. The number of halogens is 1. The van der Waals surface area contributed by atoms with Crippen LogP contribution in [0.3, 0.4) is 0 Å². The van der Waals surface area contributed by atoms with Crippen LogP contribution in [-0.4, -0.2) is 44.7 Å². The van der Waals surface area contributed by atoms with Crippen molar-refractivity contribution >= 4 is 22.8 Å². The number of nitrogens with one attached hydrogen (secondary N) is 1. The first-order valence-corrected chi connectivity index (χ1v) is 9.57. The number of hydrogen-bond donors (Lipinski definition) is 1. The molecule has 0 radical (unpaired) electrons. The summed E-state index contributed by atoms with van der Waals surface area (Å²) in [5.41, 5.74) is 3.23. The molecule has 1 aliphatic heterocycles. The second kappa shape index (κ2) is 7.54. The van der Waals surface area contributed by atoms with Crippen molar-refractivity contribution in [2.75, 3.05) is 19.6 Å². The summed E-state index contributed by atoms with van der Waals surface area (Å²) in [6, 6.07) is 8.81. The summed E-state index contributed by atoms with van der Waals surface area (Å²) in [5.74, 6) is -0.165. The molecule has 130 valence electrons. The minimum absolute atomic E-state index is 0.165. The van der Waals surface area contributed by atoms with Crippen LogP contribution in [0.15, 0.2) is 47.9 Å². The Morgan fingerprint density at radius 2 is 1.92 bits per heavy atom. The molecule has 4 rings (SSSR count). The first-order chi connectivity index (χ1) is 12.3. The first-order valence-electron chi connectivity index (χ1n) is 8.69. The highest BCUT2D eigenvalue weighted by Gasteiger charge is 2.21. The molecular formula is C19H21FN4S. The van der Waals surface area contributed by atoms with E-state index < -0.39 is 0 Å². The van der Waals surface area contributed by atoms with Gasteiger partial charge in [-0.25, -0.2) is 14.4 Å². The molecule has 25 heavy (non-hydrogen) atoms. The second-order valence-electron chi connectivity index (χ2n) is 6.45. The SMILES string of the molecule is Fc1ccc(CCN2CCC(Sc3nccc4[nH]cnc34)CC2)cc1. The molecule has 1 N–H and O–H groups in total. The van der Waals surface area contributed by atoms with Crippen LogP contribution < -0.4 is 0 Å². The highest BCUT2D eigenvalue weighted by molar-refractivity contribution is 8.00. The van der Waals surface area contributed by atoms with Crippen molar-refractivity contribution in [3.8, 4) is 0 Å². The Hall–Kier alpha value is -1.92. The number of rotatable bonds is 5. The number of piperidine rings is 1. The number of aromatic nitrogens is 3.